The lowest BCUT2D eigenvalue weighted by molar-refractivity contribution is 0.102. The molecular formula is C19H14BrN5O. The molecule has 3 aromatic heterocycles. The number of pyridine rings is 2. The van der Waals surface area contributed by atoms with Gasteiger partial charge in [0.2, 0.25) is 0 Å². The van der Waals surface area contributed by atoms with Crippen molar-refractivity contribution >= 4 is 38.6 Å². The highest BCUT2D eigenvalue weighted by Crippen LogP contribution is 2.25. The van der Waals surface area contributed by atoms with Crippen LogP contribution in [0.4, 0.5) is 5.82 Å². The first-order chi connectivity index (χ1) is 12.6. The summed E-state index contributed by atoms with van der Waals surface area (Å²) in [6.45, 7) is 0. The number of aryl methyl sites for hydroxylation is 1. The predicted molar refractivity (Wildman–Crippen MR) is 104 cm³/mol. The van der Waals surface area contributed by atoms with Crippen molar-refractivity contribution in [3.05, 3.63) is 71.1 Å². The topological polar surface area (TPSA) is 72.7 Å². The zero-order chi connectivity index (χ0) is 18.1. The van der Waals surface area contributed by atoms with Crippen molar-refractivity contribution in [2.75, 3.05) is 5.32 Å². The van der Waals surface area contributed by atoms with Crippen molar-refractivity contribution in [1.82, 2.24) is 19.7 Å². The summed E-state index contributed by atoms with van der Waals surface area (Å²) in [5.41, 5.74) is 2.85. The highest BCUT2D eigenvalue weighted by atomic mass is 79.9. The molecule has 0 spiro atoms. The van der Waals surface area contributed by atoms with E-state index < -0.39 is 0 Å². The highest BCUT2D eigenvalue weighted by Gasteiger charge is 2.15. The zero-order valence-electron chi connectivity index (χ0n) is 13.8. The third-order valence-corrected chi connectivity index (χ3v) is 4.40. The van der Waals surface area contributed by atoms with Gasteiger partial charge in [-0.15, -0.1) is 0 Å². The van der Waals surface area contributed by atoms with E-state index in [1.54, 1.807) is 29.2 Å². The maximum atomic E-state index is 12.9. The van der Waals surface area contributed by atoms with Gasteiger partial charge in [0.25, 0.3) is 5.91 Å². The van der Waals surface area contributed by atoms with Crippen LogP contribution in [0.1, 0.15) is 10.4 Å². The molecule has 0 fully saturated rings. The van der Waals surface area contributed by atoms with Crippen LogP contribution in [0.25, 0.3) is 22.2 Å². The number of aromatic nitrogens is 4. The number of nitrogens with zero attached hydrogens (tertiary/aromatic N) is 4. The summed E-state index contributed by atoms with van der Waals surface area (Å²) in [6, 6.07) is 12.9. The third kappa shape index (κ3) is 3.21. The van der Waals surface area contributed by atoms with Crippen LogP contribution in [0.15, 0.2) is 65.5 Å². The molecule has 26 heavy (non-hydrogen) atoms. The molecule has 4 rings (SSSR count). The van der Waals surface area contributed by atoms with E-state index in [9.17, 15) is 4.79 Å². The second-order valence-electron chi connectivity index (χ2n) is 5.79. The second kappa shape index (κ2) is 6.68. The number of para-hydroxylation sites is 1. The monoisotopic (exact) mass is 407 g/mol. The predicted octanol–water partition coefficient (Wildman–Crippen LogP) is 4.05. The van der Waals surface area contributed by atoms with Crippen LogP contribution < -0.4 is 5.32 Å². The van der Waals surface area contributed by atoms with Gasteiger partial charge in [0, 0.05) is 34.9 Å². The normalized spacial score (nSPS) is 10.8. The molecule has 1 aromatic carbocycles. The number of carbonyl (C=O) groups is 1. The molecule has 0 saturated heterocycles. The summed E-state index contributed by atoms with van der Waals surface area (Å²) in [5, 5.41) is 7.81. The Balaban J connectivity index is 1.79. The van der Waals surface area contributed by atoms with Crippen molar-refractivity contribution in [2.45, 2.75) is 0 Å². The highest BCUT2D eigenvalue weighted by molar-refractivity contribution is 9.10. The van der Waals surface area contributed by atoms with Crippen LogP contribution in [-0.4, -0.2) is 25.7 Å². The third-order valence-electron chi connectivity index (χ3n) is 3.93. The Bertz CT molecular complexity index is 1100. The molecule has 0 radical (unpaired) electrons. The Morgan fingerprint density at radius 2 is 2.00 bits per heavy atom. The van der Waals surface area contributed by atoms with Gasteiger partial charge in [0.1, 0.15) is 5.82 Å². The second-order valence-corrected chi connectivity index (χ2v) is 6.71. The summed E-state index contributed by atoms with van der Waals surface area (Å²) < 4.78 is 2.56. The molecule has 1 amide bonds. The quantitative estimate of drug-likeness (QED) is 0.555. The first kappa shape index (κ1) is 16.4. The Morgan fingerprint density at radius 3 is 2.73 bits per heavy atom. The van der Waals surface area contributed by atoms with Crippen LogP contribution in [0.2, 0.25) is 0 Å². The smallest absolute Gasteiger partial charge is 0.257 e. The zero-order valence-corrected chi connectivity index (χ0v) is 15.4. The summed E-state index contributed by atoms with van der Waals surface area (Å²) >= 11 is 3.34. The first-order valence-corrected chi connectivity index (χ1v) is 8.71. The minimum absolute atomic E-state index is 0.233. The van der Waals surface area contributed by atoms with Gasteiger partial charge in [-0.3, -0.25) is 9.48 Å². The Hall–Kier alpha value is -3.06. The SMILES string of the molecule is Cn1cc(-c2cc(C(=O)Nc3ccc(Br)cn3)c3ccccc3n2)cn1. The van der Waals surface area contributed by atoms with E-state index in [0.29, 0.717) is 17.1 Å². The molecular weight excluding hydrogens is 394 g/mol. The van der Waals surface area contributed by atoms with Crippen molar-refractivity contribution in [1.29, 1.82) is 0 Å². The minimum atomic E-state index is -0.233. The molecule has 3 heterocycles. The van der Waals surface area contributed by atoms with E-state index in [1.165, 1.54) is 0 Å². The van der Waals surface area contributed by atoms with Crippen LogP contribution >= 0.6 is 15.9 Å². The molecule has 1 N–H and O–H groups in total. The van der Waals surface area contributed by atoms with Gasteiger partial charge in [-0.2, -0.15) is 5.10 Å². The van der Waals surface area contributed by atoms with Crippen molar-refractivity contribution in [3.8, 4) is 11.3 Å². The fourth-order valence-electron chi connectivity index (χ4n) is 2.70. The summed E-state index contributed by atoms with van der Waals surface area (Å²) in [6.07, 6.45) is 5.24. The number of hydrogen-bond acceptors (Lipinski definition) is 4. The Labute approximate surface area is 158 Å². The molecule has 0 saturated carbocycles. The standard InChI is InChI=1S/C19H14BrN5O/c1-25-11-12(9-22-25)17-8-15(14-4-2-3-5-16(14)23-17)19(26)24-18-7-6-13(20)10-21-18/h2-11H,1H3,(H,21,24,26). The van der Waals surface area contributed by atoms with Crippen molar-refractivity contribution in [2.24, 2.45) is 7.05 Å². The molecule has 0 bridgehead atoms. The summed E-state index contributed by atoms with van der Waals surface area (Å²) in [5.74, 6) is 0.255. The number of halogens is 1. The fourth-order valence-corrected chi connectivity index (χ4v) is 2.93. The number of benzene rings is 1. The first-order valence-electron chi connectivity index (χ1n) is 7.92. The Morgan fingerprint density at radius 1 is 1.15 bits per heavy atom. The largest absolute Gasteiger partial charge is 0.307 e. The molecule has 128 valence electrons. The van der Waals surface area contributed by atoms with E-state index in [4.69, 9.17) is 0 Å². The molecule has 4 aromatic rings. The molecule has 0 aliphatic heterocycles. The van der Waals surface area contributed by atoms with Crippen molar-refractivity contribution in [3.63, 3.8) is 0 Å². The molecule has 0 aliphatic carbocycles. The average Bonchev–Trinajstić information content (AvgIpc) is 3.09. The van der Waals surface area contributed by atoms with Crippen LogP contribution in [-0.2, 0) is 7.05 Å². The lowest BCUT2D eigenvalue weighted by atomic mass is 10.0. The fraction of sp³-hybridized carbons (Fsp3) is 0.0526. The van der Waals surface area contributed by atoms with Gasteiger partial charge < -0.3 is 5.32 Å². The van der Waals surface area contributed by atoms with Gasteiger partial charge in [-0.1, -0.05) is 18.2 Å². The maximum Gasteiger partial charge on any atom is 0.257 e. The van der Waals surface area contributed by atoms with E-state index in [0.717, 1.165) is 20.9 Å². The van der Waals surface area contributed by atoms with E-state index in [2.05, 4.69) is 36.3 Å². The van der Waals surface area contributed by atoms with E-state index in [1.807, 2.05) is 43.6 Å². The van der Waals surface area contributed by atoms with Crippen LogP contribution in [0, 0.1) is 0 Å². The van der Waals surface area contributed by atoms with Gasteiger partial charge in [-0.25, -0.2) is 9.97 Å². The maximum absolute atomic E-state index is 12.9. The molecule has 0 unspecified atom stereocenters. The Kier molecular flexibility index (Phi) is 4.22. The van der Waals surface area contributed by atoms with Gasteiger partial charge in [-0.05, 0) is 40.2 Å². The van der Waals surface area contributed by atoms with Crippen LogP contribution in [0.3, 0.4) is 0 Å². The van der Waals surface area contributed by atoms with Gasteiger partial charge in [0.15, 0.2) is 0 Å². The lowest BCUT2D eigenvalue weighted by Crippen LogP contribution is -2.14. The van der Waals surface area contributed by atoms with Crippen LogP contribution in [0.5, 0.6) is 0 Å². The van der Waals surface area contributed by atoms with Crippen molar-refractivity contribution < 1.29 is 4.79 Å². The molecule has 7 heteroatoms. The number of nitrogens with one attached hydrogen (secondary N) is 1. The number of hydrogen-bond donors (Lipinski definition) is 1. The molecule has 0 atom stereocenters. The lowest BCUT2D eigenvalue weighted by Gasteiger charge is -2.09. The molecule has 0 aliphatic rings. The average molecular weight is 408 g/mol. The number of carbonyl (C=O) groups excluding carboxylic acids is 1. The number of amides is 1. The van der Waals surface area contributed by atoms with Gasteiger partial charge >= 0.3 is 0 Å². The summed E-state index contributed by atoms with van der Waals surface area (Å²) in [7, 11) is 1.84. The molecule has 6 nitrogen and oxygen atoms in total. The minimum Gasteiger partial charge on any atom is -0.307 e. The summed E-state index contributed by atoms with van der Waals surface area (Å²) in [4.78, 5) is 21.8. The van der Waals surface area contributed by atoms with E-state index >= 15 is 0 Å². The number of anilines is 1. The number of fused-ring (bicyclic) bond motifs is 1. The van der Waals surface area contributed by atoms with Gasteiger partial charge in [0.05, 0.1) is 23.0 Å². The van der Waals surface area contributed by atoms with E-state index in [-0.39, 0.29) is 5.91 Å². The number of rotatable bonds is 3.